The van der Waals surface area contributed by atoms with Crippen LogP contribution in [0.2, 0.25) is 0 Å². The van der Waals surface area contributed by atoms with Gasteiger partial charge in [0.2, 0.25) is 0 Å². The van der Waals surface area contributed by atoms with E-state index in [9.17, 15) is 0 Å². The van der Waals surface area contributed by atoms with Crippen LogP contribution < -0.4 is 0 Å². The zero-order valence-corrected chi connectivity index (χ0v) is 10.0. The van der Waals surface area contributed by atoms with Gasteiger partial charge in [0.1, 0.15) is 5.52 Å². The molecule has 0 unspecified atom stereocenters. The van der Waals surface area contributed by atoms with Gasteiger partial charge >= 0.3 is 0 Å². The van der Waals surface area contributed by atoms with Crippen LogP contribution in [0.25, 0.3) is 11.0 Å². The molecule has 18 heavy (non-hydrogen) atoms. The van der Waals surface area contributed by atoms with Gasteiger partial charge in [-0.2, -0.15) is 0 Å². The number of nitrogens with zero attached hydrogens (tertiary/aromatic N) is 4. The van der Waals surface area contributed by atoms with Gasteiger partial charge in [-0.1, -0.05) is 35.5 Å². The third-order valence-electron chi connectivity index (χ3n) is 2.99. The van der Waals surface area contributed by atoms with E-state index in [1.807, 2.05) is 16.8 Å². The molecule has 0 saturated heterocycles. The molecule has 0 radical (unpaired) electrons. The summed E-state index contributed by atoms with van der Waals surface area (Å²) < 4.78 is 1.94. The fourth-order valence-electron chi connectivity index (χ4n) is 2.07. The number of aromatic nitrogens is 4. The van der Waals surface area contributed by atoms with Crippen molar-refractivity contribution in [2.45, 2.75) is 19.4 Å². The van der Waals surface area contributed by atoms with Crippen molar-refractivity contribution in [2.24, 2.45) is 0 Å². The first-order valence-corrected chi connectivity index (χ1v) is 6.10. The lowest BCUT2D eigenvalue weighted by molar-refractivity contribution is 0.574. The molecule has 90 valence electrons. The Balaban J connectivity index is 1.67. The van der Waals surface area contributed by atoms with Crippen LogP contribution in [-0.4, -0.2) is 20.0 Å². The van der Waals surface area contributed by atoms with E-state index in [-0.39, 0.29) is 0 Å². The Bertz CT molecular complexity index is 630. The quantitative estimate of drug-likeness (QED) is 0.701. The van der Waals surface area contributed by atoms with Crippen molar-refractivity contribution in [3.8, 4) is 0 Å². The van der Waals surface area contributed by atoms with Gasteiger partial charge in [-0.3, -0.25) is 4.98 Å². The summed E-state index contributed by atoms with van der Waals surface area (Å²) in [7, 11) is 0. The third kappa shape index (κ3) is 2.22. The molecule has 4 nitrogen and oxygen atoms in total. The predicted molar refractivity (Wildman–Crippen MR) is 70.1 cm³/mol. The van der Waals surface area contributed by atoms with Crippen molar-refractivity contribution in [2.75, 3.05) is 0 Å². The summed E-state index contributed by atoms with van der Waals surface area (Å²) in [6.45, 7) is 0.884. The molecule has 2 heterocycles. The highest BCUT2D eigenvalue weighted by atomic mass is 15.4. The fraction of sp³-hybridized carbons (Fsp3) is 0.214. The van der Waals surface area contributed by atoms with Gasteiger partial charge in [-0.25, -0.2) is 4.68 Å². The van der Waals surface area contributed by atoms with E-state index in [0.29, 0.717) is 0 Å². The maximum Gasteiger partial charge on any atom is 0.131 e. The lowest BCUT2D eigenvalue weighted by Gasteiger charge is -2.02. The van der Waals surface area contributed by atoms with Gasteiger partial charge in [0.05, 0.1) is 11.7 Å². The van der Waals surface area contributed by atoms with E-state index in [2.05, 4.69) is 39.6 Å². The van der Waals surface area contributed by atoms with Crippen LogP contribution in [0, 0.1) is 0 Å². The monoisotopic (exact) mass is 238 g/mol. The Morgan fingerprint density at radius 1 is 1.06 bits per heavy atom. The molecule has 1 aromatic carbocycles. The maximum absolute atomic E-state index is 4.15. The minimum absolute atomic E-state index is 0.859. The zero-order chi connectivity index (χ0) is 12.2. The number of aryl methyl sites for hydroxylation is 2. The number of rotatable bonds is 4. The Morgan fingerprint density at radius 3 is 2.83 bits per heavy atom. The molecule has 4 heteroatoms. The summed E-state index contributed by atoms with van der Waals surface area (Å²) in [6, 6.07) is 12.5. The topological polar surface area (TPSA) is 43.6 Å². The summed E-state index contributed by atoms with van der Waals surface area (Å²) in [5.41, 5.74) is 3.28. The van der Waals surface area contributed by atoms with Crippen LogP contribution in [0.15, 0.2) is 48.8 Å². The highest BCUT2D eigenvalue weighted by Crippen LogP contribution is 2.10. The van der Waals surface area contributed by atoms with Gasteiger partial charge in [0.25, 0.3) is 0 Å². The smallest absolute Gasteiger partial charge is 0.131 e. The Kier molecular flexibility index (Phi) is 3.00. The molecule has 0 saturated carbocycles. The first-order valence-electron chi connectivity index (χ1n) is 6.10. The summed E-state index contributed by atoms with van der Waals surface area (Å²) in [6.07, 6.45) is 5.65. The van der Waals surface area contributed by atoms with E-state index >= 15 is 0 Å². The van der Waals surface area contributed by atoms with Crippen molar-refractivity contribution in [3.05, 3.63) is 54.4 Å². The van der Waals surface area contributed by atoms with Crippen LogP contribution in [0.5, 0.6) is 0 Å². The van der Waals surface area contributed by atoms with Crippen molar-refractivity contribution >= 4 is 11.0 Å². The SMILES string of the molecule is c1ccc(CCCn2nnc3cnccc32)cc1. The minimum atomic E-state index is 0.859. The van der Waals surface area contributed by atoms with Crippen molar-refractivity contribution < 1.29 is 0 Å². The van der Waals surface area contributed by atoms with Crippen molar-refractivity contribution in [1.29, 1.82) is 0 Å². The van der Waals surface area contributed by atoms with Gasteiger partial charge < -0.3 is 0 Å². The molecule has 2 aromatic heterocycles. The van der Waals surface area contributed by atoms with E-state index in [0.717, 1.165) is 30.4 Å². The number of hydrogen-bond donors (Lipinski definition) is 0. The average Bonchev–Trinajstić information content (AvgIpc) is 2.84. The minimum Gasteiger partial charge on any atom is -0.262 e. The highest BCUT2D eigenvalue weighted by molar-refractivity contribution is 5.72. The first-order chi connectivity index (χ1) is 8.93. The molecule has 0 spiro atoms. The van der Waals surface area contributed by atoms with Gasteiger partial charge in [0.15, 0.2) is 0 Å². The average molecular weight is 238 g/mol. The van der Waals surface area contributed by atoms with Crippen molar-refractivity contribution in [1.82, 2.24) is 20.0 Å². The van der Waals surface area contributed by atoms with Crippen LogP contribution in [-0.2, 0) is 13.0 Å². The van der Waals surface area contributed by atoms with E-state index in [4.69, 9.17) is 0 Å². The molecular formula is C14H14N4. The molecule has 0 fully saturated rings. The largest absolute Gasteiger partial charge is 0.262 e. The molecule has 0 aliphatic heterocycles. The summed E-state index contributed by atoms with van der Waals surface area (Å²) >= 11 is 0. The summed E-state index contributed by atoms with van der Waals surface area (Å²) in [5.74, 6) is 0. The number of pyridine rings is 1. The van der Waals surface area contributed by atoms with Crippen LogP contribution >= 0.6 is 0 Å². The normalized spacial score (nSPS) is 10.9. The second-order valence-corrected chi connectivity index (χ2v) is 4.27. The standard InChI is InChI=1S/C14H14N4/c1-2-5-12(6-3-1)7-4-10-18-14-8-9-15-11-13(14)16-17-18/h1-3,5-6,8-9,11H,4,7,10H2. The molecule has 0 amide bonds. The van der Waals surface area contributed by atoms with Crippen molar-refractivity contribution in [3.63, 3.8) is 0 Å². The Labute approximate surface area is 105 Å². The molecule has 0 atom stereocenters. The van der Waals surface area contributed by atoms with Gasteiger partial charge in [0, 0.05) is 12.7 Å². The first kappa shape index (κ1) is 10.9. The van der Waals surface area contributed by atoms with Crippen LogP contribution in [0.1, 0.15) is 12.0 Å². The van der Waals surface area contributed by atoms with Crippen LogP contribution in [0.3, 0.4) is 0 Å². The second-order valence-electron chi connectivity index (χ2n) is 4.27. The zero-order valence-electron chi connectivity index (χ0n) is 10.0. The van der Waals surface area contributed by atoms with Crippen LogP contribution in [0.4, 0.5) is 0 Å². The van der Waals surface area contributed by atoms with Gasteiger partial charge in [-0.15, -0.1) is 5.10 Å². The fourth-order valence-corrected chi connectivity index (χ4v) is 2.07. The molecule has 0 aliphatic rings. The molecule has 3 rings (SSSR count). The lowest BCUT2D eigenvalue weighted by atomic mass is 10.1. The molecule has 0 bridgehead atoms. The van der Waals surface area contributed by atoms with E-state index in [1.165, 1.54) is 5.56 Å². The highest BCUT2D eigenvalue weighted by Gasteiger charge is 2.03. The summed E-state index contributed by atoms with van der Waals surface area (Å²) in [5, 5.41) is 8.25. The lowest BCUT2D eigenvalue weighted by Crippen LogP contribution is -2.01. The Hall–Kier alpha value is -2.23. The van der Waals surface area contributed by atoms with E-state index in [1.54, 1.807) is 12.4 Å². The molecule has 3 aromatic rings. The van der Waals surface area contributed by atoms with Gasteiger partial charge in [-0.05, 0) is 24.5 Å². The number of benzene rings is 1. The number of hydrogen-bond acceptors (Lipinski definition) is 3. The predicted octanol–water partition coefficient (Wildman–Crippen LogP) is 2.46. The second kappa shape index (κ2) is 4.96. The molecule has 0 aliphatic carbocycles. The van der Waals surface area contributed by atoms with E-state index < -0.39 is 0 Å². The molecule has 0 N–H and O–H groups in total. The summed E-state index contributed by atoms with van der Waals surface area (Å²) in [4.78, 5) is 4.04. The maximum atomic E-state index is 4.15. The Morgan fingerprint density at radius 2 is 1.94 bits per heavy atom. The molecular weight excluding hydrogens is 224 g/mol. The third-order valence-corrected chi connectivity index (χ3v) is 2.99. The number of fused-ring (bicyclic) bond motifs is 1.